The molecule has 1 aliphatic rings. The van der Waals surface area contributed by atoms with E-state index >= 15 is 0 Å². The number of anilines is 1. The lowest BCUT2D eigenvalue weighted by atomic mass is 10.0. The minimum absolute atomic E-state index is 0.0304. The first-order chi connectivity index (χ1) is 8.79. The summed E-state index contributed by atoms with van der Waals surface area (Å²) in [4.78, 5) is 11.8. The van der Waals surface area contributed by atoms with Crippen LogP contribution in [0.1, 0.15) is 24.8 Å². The molecule has 0 aromatic heterocycles. The minimum Gasteiger partial charge on any atom is -0.392 e. The zero-order valence-electron chi connectivity index (χ0n) is 10.5. The third-order valence-corrected chi connectivity index (χ3v) is 3.40. The summed E-state index contributed by atoms with van der Waals surface area (Å²) in [5.41, 5.74) is 1.47. The number of para-hydroxylation sites is 1. The van der Waals surface area contributed by atoms with Crippen molar-refractivity contribution in [2.75, 3.05) is 18.4 Å². The third-order valence-electron chi connectivity index (χ3n) is 3.40. The van der Waals surface area contributed by atoms with Gasteiger partial charge in [-0.1, -0.05) is 18.2 Å². The van der Waals surface area contributed by atoms with Gasteiger partial charge in [0.05, 0.1) is 6.61 Å². The van der Waals surface area contributed by atoms with Gasteiger partial charge in [0.2, 0.25) is 5.91 Å². The van der Waals surface area contributed by atoms with Crippen LogP contribution in [-0.2, 0) is 11.4 Å². The molecule has 1 aromatic rings. The lowest BCUT2D eigenvalue weighted by molar-refractivity contribution is -0.116. The van der Waals surface area contributed by atoms with Crippen LogP contribution in [0.3, 0.4) is 0 Å². The summed E-state index contributed by atoms with van der Waals surface area (Å²) < 4.78 is 0. The number of benzene rings is 1. The third kappa shape index (κ3) is 3.55. The second-order valence-corrected chi connectivity index (χ2v) is 4.76. The van der Waals surface area contributed by atoms with Gasteiger partial charge in [0, 0.05) is 17.7 Å². The molecule has 1 aliphatic heterocycles. The number of hydrogen-bond acceptors (Lipinski definition) is 3. The molecule has 0 radical (unpaired) electrons. The van der Waals surface area contributed by atoms with Crippen molar-refractivity contribution in [2.24, 2.45) is 5.92 Å². The Morgan fingerprint density at radius 2 is 2.28 bits per heavy atom. The number of aliphatic hydroxyl groups is 1. The summed E-state index contributed by atoms with van der Waals surface area (Å²) in [6.45, 7) is 2.04. The van der Waals surface area contributed by atoms with Crippen LogP contribution in [0.2, 0.25) is 0 Å². The molecule has 1 aromatic carbocycles. The molecule has 2 rings (SSSR count). The molecular weight excluding hydrogens is 228 g/mol. The summed E-state index contributed by atoms with van der Waals surface area (Å²) >= 11 is 0. The Kier molecular flexibility index (Phi) is 4.73. The molecule has 1 heterocycles. The van der Waals surface area contributed by atoms with E-state index in [1.54, 1.807) is 0 Å². The lowest BCUT2D eigenvalue weighted by Gasteiger charge is -2.11. The summed E-state index contributed by atoms with van der Waals surface area (Å²) in [7, 11) is 0. The van der Waals surface area contributed by atoms with Crippen molar-refractivity contribution in [3.63, 3.8) is 0 Å². The number of carbonyl (C=O) groups is 1. The summed E-state index contributed by atoms with van der Waals surface area (Å²) in [5.74, 6) is 0.659. The Bertz CT molecular complexity index is 401. The van der Waals surface area contributed by atoms with Crippen molar-refractivity contribution in [1.29, 1.82) is 0 Å². The highest BCUT2D eigenvalue weighted by molar-refractivity contribution is 5.91. The van der Waals surface area contributed by atoms with E-state index in [2.05, 4.69) is 10.6 Å². The van der Waals surface area contributed by atoms with Gasteiger partial charge in [-0.25, -0.2) is 0 Å². The van der Waals surface area contributed by atoms with Gasteiger partial charge in [0.25, 0.3) is 0 Å². The summed E-state index contributed by atoms with van der Waals surface area (Å²) in [6, 6.07) is 7.35. The molecule has 1 unspecified atom stereocenters. The number of aliphatic hydroxyl groups excluding tert-OH is 1. The summed E-state index contributed by atoms with van der Waals surface area (Å²) in [6.07, 6.45) is 2.65. The smallest absolute Gasteiger partial charge is 0.224 e. The molecule has 4 nitrogen and oxygen atoms in total. The number of carbonyl (C=O) groups excluding carboxylic acids is 1. The molecule has 1 fully saturated rings. The van der Waals surface area contributed by atoms with Gasteiger partial charge in [0.15, 0.2) is 0 Å². The van der Waals surface area contributed by atoms with Gasteiger partial charge < -0.3 is 15.7 Å². The molecule has 0 aliphatic carbocycles. The van der Waals surface area contributed by atoms with Gasteiger partial charge in [-0.2, -0.15) is 0 Å². The Morgan fingerprint density at radius 3 is 3.00 bits per heavy atom. The van der Waals surface area contributed by atoms with Crippen LogP contribution in [0.5, 0.6) is 0 Å². The fourth-order valence-electron chi connectivity index (χ4n) is 2.29. The van der Waals surface area contributed by atoms with Crippen LogP contribution >= 0.6 is 0 Å². The first kappa shape index (κ1) is 13.1. The van der Waals surface area contributed by atoms with Crippen LogP contribution in [0.15, 0.2) is 24.3 Å². The van der Waals surface area contributed by atoms with Crippen LogP contribution in [-0.4, -0.2) is 24.1 Å². The molecule has 1 saturated heterocycles. The van der Waals surface area contributed by atoms with Gasteiger partial charge in [-0.05, 0) is 37.9 Å². The topological polar surface area (TPSA) is 61.4 Å². The van der Waals surface area contributed by atoms with Crippen molar-refractivity contribution in [3.05, 3.63) is 29.8 Å². The lowest BCUT2D eigenvalue weighted by Crippen LogP contribution is -2.15. The van der Waals surface area contributed by atoms with E-state index in [9.17, 15) is 9.90 Å². The van der Waals surface area contributed by atoms with E-state index in [0.29, 0.717) is 12.3 Å². The highest BCUT2D eigenvalue weighted by Gasteiger charge is 2.15. The number of nitrogens with one attached hydrogen (secondary N) is 2. The molecule has 1 atom stereocenters. The average Bonchev–Trinajstić information content (AvgIpc) is 2.90. The Morgan fingerprint density at radius 1 is 1.44 bits per heavy atom. The van der Waals surface area contributed by atoms with Crippen molar-refractivity contribution < 1.29 is 9.90 Å². The highest BCUT2D eigenvalue weighted by atomic mass is 16.3. The SMILES string of the molecule is O=C(CCC1CCNC1)Nc1ccccc1CO. The monoisotopic (exact) mass is 248 g/mol. The largest absolute Gasteiger partial charge is 0.392 e. The van der Waals surface area contributed by atoms with Crippen molar-refractivity contribution >= 4 is 11.6 Å². The average molecular weight is 248 g/mol. The Hall–Kier alpha value is -1.39. The maximum atomic E-state index is 11.8. The van der Waals surface area contributed by atoms with Crippen molar-refractivity contribution in [3.8, 4) is 0 Å². The van der Waals surface area contributed by atoms with E-state index in [0.717, 1.165) is 30.8 Å². The molecule has 18 heavy (non-hydrogen) atoms. The van der Waals surface area contributed by atoms with Crippen molar-refractivity contribution in [1.82, 2.24) is 5.32 Å². The maximum absolute atomic E-state index is 11.8. The number of hydrogen-bond donors (Lipinski definition) is 3. The van der Waals surface area contributed by atoms with Crippen molar-refractivity contribution in [2.45, 2.75) is 25.9 Å². The van der Waals surface area contributed by atoms with Crippen LogP contribution in [0.4, 0.5) is 5.69 Å². The van der Waals surface area contributed by atoms with Gasteiger partial charge in [0.1, 0.15) is 0 Å². The molecule has 4 heteroatoms. The molecule has 98 valence electrons. The second-order valence-electron chi connectivity index (χ2n) is 4.76. The molecule has 0 spiro atoms. The molecule has 0 bridgehead atoms. The van der Waals surface area contributed by atoms with E-state index < -0.39 is 0 Å². The zero-order valence-corrected chi connectivity index (χ0v) is 10.5. The van der Waals surface area contributed by atoms with Crippen LogP contribution < -0.4 is 10.6 Å². The molecule has 0 saturated carbocycles. The molecule has 3 N–H and O–H groups in total. The summed E-state index contributed by atoms with van der Waals surface area (Å²) in [5, 5.41) is 15.3. The van der Waals surface area contributed by atoms with Crippen LogP contribution in [0, 0.1) is 5.92 Å². The minimum atomic E-state index is -0.0526. The maximum Gasteiger partial charge on any atom is 0.224 e. The Balaban J connectivity index is 1.82. The van der Waals surface area contributed by atoms with Gasteiger partial charge >= 0.3 is 0 Å². The second kappa shape index (κ2) is 6.52. The van der Waals surface area contributed by atoms with E-state index in [1.807, 2.05) is 24.3 Å². The highest BCUT2D eigenvalue weighted by Crippen LogP contribution is 2.17. The molecular formula is C14H20N2O2. The van der Waals surface area contributed by atoms with E-state index in [-0.39, 0.29) is 12.5 Å². The predicted octanol–water partition coefficient (Wildman–Crippen LogP) is 1.51. The normalized spacial score (nSPS) is 18.8. The van der Waals surface area contributed by atoms with Crippen LogP contribution in [0.25, 0.3) is 0 Å². The van der Waals surface area contributed by atoms with E-state index in [4.69, 9.17) is 0 Å². The van der Waals surface area contributed by atoms with E-state index in [1.165, 1.54) is 6.42 Å². The predicted molar refractivity (Wildman–Crippen MR) is 71.2 cm³/mol. The quantitative estimate of drug-likeness (QED) is 0.740. The standard InChI is InChI=1S/C14H20N2O2/c17-10-12-3-1-2-4-13(12)16-14(18)6-5-11-7-8-15-9-11/h1-4,11,15,17H,5-10H2,(H,16,18). The van der Waals surface area contributed by atoms with Gasteiger partial charge in [-0.3, -0.25) is 4.79 Å². The fourth-order valence-corrected chi connectivity index (χ4v) is 2.29. The zero-order chi connectivity index (χ0) is 12.8. The fraction of sp³-hybridized carbons (Fsp3) is 0.500. The Labute approximate surface area is 107 Å². The first-order valence-electron chi connectivity index (χ1n) is 6.49. The van der Waals surface area contributed by atoms with Gasteiger partial charge in [-0.15, -0.1) is 0 Å². The molecule has 1 amide bonds. The number of rotatable bonds is 5. The first-order valence-corrected chi connectivity index (χ1v) is 6.49. The number of amides is 1.